The maximum absolute atomic E-state index is 3.67. The SMILES string of the molecule is Cc1ccccc1-c1cc(-c2ccc(N(c3ccc(-c4ccccc4)cc3)c3ccc4c(c3)C(C)(C)c3ccccc3-4)cc2)ccc1Nc1ccccc1. The molecule has 0 aliphatic heterocycles. The molecular weight excluding hydrogens is 653 g/mol. The Morgan fingerprint density at radius 1 is 0.389 bits per heavy atom. The second-order valence-corrected chi connectivity index (χ2v) is 14.8. The van der Waals surface area contributed by atoms with Gasteiger partial charge in [0, 0.05) is 39.4 Å². The minimum atomic E-state index is -0.0923. The van der Waals surface area contributed by atoms with Crippen LogP contribution >= 0.6 is 0 Å². The summed E-state index contributed by atoms with van der Waals surface area (Å²) in [6, 6.07) is 70.2. The van der Waals surface area contributed by atoms with Crippen LogP contribution < -0.4 is 10.2 Å². The van der Waals surface area contributed by atoms with E-state index in [0.717, 1.165) is 28.4 Å². The quantitative estimate of drug-likeness (QED) is 0.170. The molecule has 0 fully saturated rings. The summed E-state index contributed by atoms with van der Waals surface area (Å²) in [6.07, 6.45) is 0. The van der Waals surface area contributed by atoms with E-state index in [1.807, 2.05) is 6.07 Å². The minimum Gasteiger partial charge on any atom is -0.355 e. The summed E-state index contributed by atoms with van der Waals surface area (Å²) in [4.78, 5) is 2.39. The van der Waals surface area contributed by atoms with Gasteiger partial charge < -0.3 is 10.2 Å². The number of aryl methyl sites for hydroxylation is 1. The Morgan fingerprint density at radius 3 is 1.59 bits per heavy atom. The highest BCUT2D eigenvalue weighted by atomic mass is 15.1. The number of fused-ring (bicyclic) bond motifs is 3. The lowest BCUT2D eigenvalue weighted by Gasteiger charge is -2.28. The van der Waals surface area contributed by atoms with Gasteiger partial charge in [-0.25, -0.2) is 0 Å². The molecule has 0 radical (unpaired) electrons. The Morgan fingerprint density at radius 2 is 0.907 bits per heavy atom. The summed E-state index contributed by atoms with van der Waals surface area (Å²) in [5.41, 5.74) is 19.3. The number of hydrogen-bond donors (Lipinski definition) is 1. The van der Waals surface area contributed by atoms with E-state index in [1.165, 1.54) is 61.2 Å². The van der Waals surface area contributed by atoms with E-state index < -0.39 is 0 Å². The lowest BCUT2D eigenvalue weighted by Crippen LogP contribution is -2.16. The van der Waals surface area contributed by atoms with Crippen molar-refractivity contribution in [2.45, 2.75) is 26.2 Å². The molecule has 1 N–H and O–H groups in total. The molecular formula is C52H42N2. The van der Waals surface area contributed by atoms with E-state index >= 15 is 0 Å². The Bertz CT molecular complexity index is 2590. The third kappa shape index (κ3) is 6.06. The first-order valence-electron chi connectivity index (χ1n) is 18.8. The lowest BCUT2D eigenvalue weighted by molar-refractivity contribution is 0.660. The van der Waals surface area contributed by atoms with Crippen LogP contribution in [-0.4, -0.2) is 0 Å². The predicted molar refractivity (Wildman–Crippen MR) is 229 cm³/mol. The zero-order chi connectivity index (χ0) is 36.6. The van der Waals surface area contributed by atoms with E-state index in [1.54, 1.807) is 0 Å². The fraction of sp³-hybridized carbons (Fsp3) is 0.0769. The van der Waals surface area contributed by atoms with Crippen LogP contribution in [-0.2, 0) is 5.41 Å². The fourth-order valence-corrected chi connectivity index (χ4v) is 8.12. The summed E-state index contributed by atoms with van der Waals surface area (Å²) in [6.45, 7) is 6.88. The molecule has 2 nitrogen and oxygen atoms in total. The van der Waals surface area contributed by atoms with Gasteiger partial charge in [-0.2, -0.15) is 0 Å². The second kappa shape index (κ2) is 13.7. The molecule has 0 aromatic heterocycles. The van der Waals surface area contributed by atoms with Gasteiger partial charge in [-0.05, 0) is 123 Å². The molecule has 2 heteroatoms. The van der Waals surface area contributed by atoms with Crippen molar-refractivity contribution in [1.82, 2.24) is 0 Å². The zero-order valence-corrected chi connectivity index (χ0v) is 30.9. The van der Waals surface area contributed by atoms with Gasteiger partial charge in [0.15, 0.2) is 0 Å². The second-order valence-electron chi connectivity index (χ2n) is 14.8. The number of benzene rings is 8. The molecule has 9 rings (SSSR count). The lowest BCUT2D eigenvalue weighted by atomic mass is 9.82. The first kappa shape index (κ1) is 33.2. The first-order valence-corrected chi connectivity index (χ1v) is 18.8. The van der Waals surface area contributed by atoms with Gasteiger partial charge in [-0.1, -0.05) is 147 Å². The van der Waals surface area contributed by atoms with Crippen LogP contribution in [0.3, 0.4) is 0 Å². The molecule has 0 atom stereocenters. The van der Waals surface area contributed by atoms with E-state index in [2.05, 4.69) is 219 Å². The van der Waals surface area contributed by atoms with Crippen molar-refractivity contribution in [3.05, 3.63) is 211 Å². The molecule has 260 valence electrons. The maximum Gasteiger partial charge on any atom is 0.0465 e. The van der Waals surface area contributed by atoms with Crippen molar-refractivity contribution < 1.29 is 0 Å². The van der Waals surface area contributed by atoms with E-state index in [4.69, 9.17) is 0 Å². The smallest absolute Gasteiger partial charge is 0.0465 e. The Balaban J connectivity index is 1.12. The van der Waals surface area contributed by atoms with Gasteiger partial charge in [0.05, 0.1) is 0 Å². The molecule has 0 bridgehead atoms. The van der Waals surface area contributed by atoms with Crippen LogP contribution in [0.2, 0.25) is 0 Å². The van der Waals surface area contributed by atoms with Crippen LogP contribution in [0, 0.1) is 6.92 Å². The summed E-state index contributed by atoms with van der Waals surface area (Å²) in [5.74, 6) is 0. The molecule has 0 spiro atoms. The molecule has 0 unspecified atom stereocenters. The number of nitrogens with one attached hydrogen (secondary N) is 1. The minimum absolute atomic E-state index is 0.0923. The highest BCUT2D eigenvalue weighted by molar-refractivity contribution is 5.89. The topological polar surface area (TPSA) is 15.3 Å². The molecule has 1 aliphatic carbocycles. The molecule has 1 aliphatic rings. The van der Waals surface area contributed by atoms with Crippen LogP contribution in [0.25, 0.3) is 44.5 Å². The standard InChI is InChI=1S/C52H42N2/c1-36-14-10-11-19-45(36)48-34-40(26-33-51(48)53-41-17-8-5-9-18-41)39-24-29-43(30-25-39)54(42-27-22-38(23-28-42)37-15-6-4-7-16-37)44-31-32-47-46-20-12-13-21-49(46)52(2,3)50(47)35-44/h4-35,53H,1-3H3. The maximum atomic E-state index is 3.67. The van der Waals surface area contributed by atoms with Crippen molar-refractivity contribution in [2.24, 2.45) is 0 Å². The number of nitrogens with zero attached hydrogens (tertiary/aromatic N) is 1. The van der Waals surface area contributed by atoms with Gasteiger partial charge in [0.1, 0.15) is 0 Å². The van der Waals surface area contributed by atoms with Crippen LogP contribution in [0.5, 0.6) is 0 Å². The van der Waals surface area contributed by atoms with Gasteiger partial charge in [-0.3, -0.25) is 0 Å². The third-order valence-electron chi connectivity index (χ3n) is 11.0. The van der Waals surface area contributed by atoms with Gasteiger partial charge in [-0.15, -0.1) is 0 Å². The Hall–Kier alpha value is -6.64. The van der Waals surface area contributed by atoms with Crippen LogP contribution in [0.1, 0.15) is 30.5 Å². The third-order valence-corrected chi connectivity index (χ3v) is 11.0. The molecule has 0 heterocycles. The predicted octanol–water partition coefficient (Wildman–Crippen LogP) is 14.5. The van der Waals surface area contributed by atoms with Crippen molar-refractivity contribution >= 4 is 28.4 Å². The highest BCUT2D eigenvalue weighted by Crippen LogP contribution is 2.50. The number of rotatable bonds is 8. The summed E-state index contributed by atoms with van der Waals surface area (Å²) in [7, 11) is 0. The monoisotopic (exact) mass is 694 g/mol. The van der Waals surface area contributed by atoms with Crippen molar-refractivity contribution in [1.29, 1.82) is 0 Å². The Kier molecular flexibility index (Phi) is 8.44. The normalized spacial score (nSPS) is 12.5. The van der Waals surface area contributed by atoms with Crippen LogP contribution in [0.15, 0.2) is 194 Å². The van der Waals surface area contributed by atoms with Crippen LogP contribution in [0.4, 0.5) is 28.4 Å². The first-order chi connectivity index (χ1) is 26.4. The Labute approximate surface area is 319 Å². The number of para-hydroxylation sites is 1. The molecule has 0 amide bonds. The highest BCUT2D eigenvalue weighted by Gasteiger charge is 2.35. The van der Waals surface area contributed by atoms with E-state index in [0.29, 0.717) is 0 Å². The van der Waals surface area contributed by atoms with Gasteiger partial charge >= 0.3 is 0 Å². The number of hydrogen-bond acceptors (Lipinski definition) is 2. The number of anilines is 5. The van der Waals surface area contributed by atoms with Crippen molar-refractivity contribution in [3.63, 3.8) is 0 Å². The fourth-order valence-electron chi connectivity index (χ4n) is 8.12. The zero-order valence-electron chi connectivity index (χ0n) is 30.9. The largest absolute Gasteiger partial charge is 0.355 e. The summed E-state index contributed by atoms with van der Waals surface area (Å²) < 4.78 is 0. The van der Waals surface area contributed by atoms with Crippen molar-refractivity contribution in [3.8, 4) is 44.5 Å². The molecule has 8 aromatic rings. The molecule has 54 heavy (non-hydrogen) atoms. The van der Waals surface area contributed by atoms with Gasteiger partial charge in [0.25, 0.3) is 0 Å². The average molecular weight is 695 g/mol. The summed E-state index contributed by atoms with van der Waals surface area (Å²) in [5, 5.41) is 3.67. The van der Waals surface area contributed by atoms with Gasteiger partial charge in [0.2, 0.25) is 0 Å². The molecule has 0 saturated carbocycles. The van der Waals surface area contributed by atoms with E-state index in [9.17, 15) is 0 Å². The molecule has 0 saturated heterocycles. The summed E-state index contributed by atoms with van der Waals surface area (Å²) >= 11 is 0. The van der Waals surface area contributed by atoms with Crippen molar-refractivity contribution in [2.75, 3.05) is 10.2 Å². The molecule has 8 aromatic carbocycles. The van der Waals surface area contributed by atoms with E-state index in [-0.39, 0.29) is 5.41 Å². The average Bonchev–Trinajstić information content (AvgIpc) is 3.45.